The summed E-state index contributed by atoms with van der Waals surface area (Å²) >= 11 is 1.75. The largest absolute Gasteiger partial charge is 0.406 e. The molecule has 0 amide bonds. The number of hydrogen-bond acceptors (Lipinski definition) is 3. The van der Waals surface area contributed by atoms with Gasteiger partial charge in [0.1, 0.15) is 7.05 Å². The van der Waals surface area contributed by atoms with Crippen molar-refractivity contribution in [1.29, 1.82) is 0 Å². The topological polar surface area (TPSA) is 20.3 Å². The molecule has 1 aromatic heterocycles. The molecule has 1 aliphatic heterocycles. The van der Waals surface area contributed by atoms with Gasteiger partial charge >= 0.3 is 5.89 Å². The van der Waals surface area contributed by atoms with Crippen molar-refractivity contribution in [3.63, 3.8) is 0 Å². The number of allylic oxidation sites excluding steroid dienone is 1. The lowest BCUT2D eigenvalue weighted by Gasteiger charge is -2.17. The summed E-state index contributed by atoms with van der Waals surface area (Å²) in [6, 6.07) is 0. The van der Waals surface area contributed by atoms with Crippen molar-refractivity contribution in [2.75, 3.05) is 6.54 Å². The van der Waals surface area contributed by atoms with Crippen LogP contribution in [0, 0.1) is 6.92 Å². The van der Waals surface area contributed by atoms with Gasteiger partial charge in [-0.3, -0.25) is 0 Å². The first-order valence-corrected chi connectivity index (χ1v) is 6.28. The van der Waals surface area contributed by atoms with Crippen molar-refractivity contribution in [2.24, 2.45) is 7.05 Å². The molecule has 0 radical (unpaired) electrons. The number of thioether (sulfide) groups is 1. The molecule has 2 heterocycles. The Bertz CT molecular complexity index is 460. The Morgan fingerprint density at radius 3 is 2.81 bits per heavy atom. The van der Waals surface area contributed by atoms with Crippen LogP contribution >= 0.6 is 11.8 Å². The second-order valence-corrected chi connectivity index (χ2v) is 4.77. The van der Waals surface area contributed by atoms with Crippen LogP contribution in [0.15, 0.2) is 26.8 Å². The Labute approximate surface area is 100 Å². The van der Waals surface area contributed by atoms with Crippen LogP contribution in [0.3, 0.4) is 0 Å². The zero-order valence-electron chi connectivity index (χ0n) is 10.2. The summed E-state index contributed by atoms with van der Waals surface area (Å²) in [5, 5.41) is 3.40. The average molecular weight is 237 g/mol. The van der Waals surface area contributed by atoms with Crippen LogP contribution in [0.4, 0.5) is 0 Å². The summed E-state index contributed by atoms with van der Waals surface area (Å²) in [5.41, 5.74) is 2.42. The fraction of sp³-hybridized carbons (Fsp3) is 0.417. The number of rotatable bonds is 2. The predicted molar refractivity (Wildman–Crippen MR) is 66.3 cm³/mol. The minimum absolute atomic E-state index is 0.890. The highest BCUT2D eigenvalue weighted by Gasteiger charge is 2.20. The van der Waals surface area contributed by atoms with E-state index in [9.17, 15) is 0 Å². The molecule has 0 aliphatic carbocycles. The molecule has 0 bridgehead atoms. The summed E-state index contributed by atoms with van der Waals surface area (Å²) < 4.78 is 7.56. The van der Waals surface area contributed by atoms with Crippen LogP contribution in [0.1, 0.15) is 25.4 Å². The summed E-state index contributed by atoms with van der Waals surface area (Å²) in [5.74, 6) is 0.890. The molecule has 0 atom stereocenters. The molecule has 0 aromatic carbocycles. The Morgan fingerprint density at radius 1 is 1.50 bits per heavy atom. The molecular formula is C12H17N2OS+. The van der Waals surface area contributed by atoms with Gasteiger partial charge in [-0.1, -0.05) is 11.8 Å². The standard InChI is InChI=1S/C12H17N2OS/c1-5-14-10(3)8-16-12(14)6-11-13(4)9(2)7-15-11/h6-8H,5H2,1-4H3/q+1. The SMILES string of the molecule is CCN1C(C)=CSC1=Cc1occ(C)[n+]1C. The first-order valence-electron chi connectivity index (χ1n) is 5.40. The molecule has 0 spiro atoms. The van der Waals surface area contributed by atoms with Crippen molar-refractivity contribution in [3.05, 3.63) is 34.0 Å². The third kappa shape index (κ3) is 1.89. The molecular weight excluding hydrogens is 220 g/mol. The molecule has 0 saturated heterocycles. The lowest BCUT2D eigenvalue weighted by molar-refractivity contribution is -0.682. The van der Waals surface area contributed by atoms with Crippen molar-refractivity contribution in [3.8, 4) is 0 Å². The Balaban J connectivity index is 2.29. The fourth-order valence-electron chi connectivity index (χ4n) is 1.68. The highest BCUT2D eigenvalue weighted by atomic mass is 32.2. The van der Waals surface area contributed by atoms with Crippen LogP contribution in [0.25, 0.3) is 6.08 Å². The number of aromatic nitrogens is 1. The van der Waals surface area contributed by atoms with Crippen molar-refractivity contribution in [2.45, 2.75) is 20.8 Å². The summed E-state index contributed by atoms with van der Waals surface area (Å²) in [4.78, 5) is 2.28. The van der Waals surface area contributed by atoms with Gasteiger partial charge in [0, 0.05) is 19.2 Å². The van der Waals surface area contributed by atoms with E-state index >= 15 is 0 Å². The minimum atomic E-state index is 0.890. The van der Waals surface area contributed by atoms with Gasteiger partial charge in [0.25, 0.3) is 0 Å². The van der Waals surface area contributed by atoms with Crippen molar-refractivity contribution in [1.82, 2.24) is 4.90 Å². The Morgan fingerprint density at radius 2 is 2.25 bits per heavy atom. The molecule has 0 fully saturated rings. The summed E-state index contributed by atoms with van der Waals surface area (Å²) in [6.45, 7) is 7.31. The molecule has 0 N–H and O–H groups in total. The zero-order chi connectivity index (χ0) is 11.7. The molecule has 86 valence electrons. The number of aryl methyl sites for hydroxylation is 1. The first kappa shape index (κ1) is 11.3. The van der Waals surface area contributed by atoms with Gasteiger partial charge in [-0.05, 0) is 19.3 Å². The van der Waals surface area contributed by atoms with Crippen LogP contribution < -0.4 is 4.57 Å². The van der Waals surface area contributed by atoms with E-state index in [1.165, 1.54) is 10.7 Å². The van der Waals surface area contributed by atoms with Crippen LogP contribution in [-0.4, -0.2) is 11.4 Å². The van der Waals surface area contributed by atoms with Gasteiger partial charge in [-0.15, -0.1) is 0 Å². The van der Waals surface area contributed by atoms with E-state index in [0.29, 0.717) is 0 Å². The van der Waals surface area contributed by atoms with Crippen LogP contribution in [0.2, 0.25) is 0 Å². The van der Waals surface area contributed by atoms with E-state index in [1.807, 2.05) is 14.0 Å². The molecule has 3 nitrogen and oxygen atoms in total. The highest BCUT2D eigenvalue weighted by Crippen LogP contribution is 2.34. The van der Waals surface area contributed by atoms with Gasteiger partial charge in [-0.2, -0.15) is 4.57 Å². The van der Waals surface area contributed by atoms with Gasteiger partial charge in [0.2, 0.25) is 5.69 Å². The minimum Gasteiger partial charge on any atom is -0.406 e. The van der Waals surface area contributed by atoms with E-state index in [-0.39, 0.29) is 0 Å². The van der Waals surface area contributed by atoms with E-state index in [2.05, 4.69) is 34.8 Å². The smallest absolute Gasteiger partial charge is 0.375 e. The normalized spacial score (nSPS) is 18.4. The molecule has 0 unspecified atom stereocenters. The monoisotopic (exact) mass is 237 g/mol. The molecule has 1 aromatic rings. The summed E-state index contributed by atoms with van der Waals surface area (Å²) in [7, 11) is 2.02. The maximum absolute atomic E-state index is 5.51. The van der Waals surface area contributed by atoms with E-state index in [0.717, 1.165) is 18.1 Å². The van der Waals surface area contributed by atoms with Crippen molar-refractivity contribution < 1.29 is 8.98 Å². The van der Waals surface area contributed by atoms with E-state index < -0.39 is 0 Å². The second kappa shape index (κ2) is 4.37. The fourth-order valence-corrected chi connectivity index (χ4v) is 2.67. The summed E-state index contributed by atoms with van der Waals surface area (Å²) in [6.07, 6.45) is 3.87. The molecule has 16 heavy (non-hydrogen) atoms. The maximum atomic E-state index is 5.51. The highest BCUT2D eigenvalue weighted by molar-refractivity contribution is 8.06. The molecule has 2 rings (SSSR count). The second-order valence-electron chi connectivity index (χ2n) is 3.88. The number of oxazole rings is 1. The van der Waals surface area contributed by atoms with E-state index in [4.69, 9.17) is 4.42 Å². The third-order valence-corrected chi connectivity index (χ3v) is 3.85. The maximum Gasteiger partial charge on any atom is 0.375 e. The number of nitrogens with zero attached hydrogens (tertiary/aromatic N) is 2. The lowest BCUT2D eigenvalue weighted by Crippen LogP contribution is -2.32. The lowest BCUT2D eigenvalue weighted by atomic mass is 10.4. The molecule has 4 heteroatoms. The molecule has 0 saturated carbocycles. The van der Waals surface area contributed by atoms with Gasteiger partial charge in [-0.25, -0.2) is 0 Å². The first-order chi connectivity index (χ1) is 7.63. The zero-order valence-corrected chi connectivity index (χ0v) is 11.0. The quantitative estimate of drug-likeness (QED) is 0.738. The Kier molecular flexibility index (Phi) is 3.10. The molecule has 1 aliphatic rings. The van der Waals surface area contributed by atoms with Gasteiger partial charge < -0.3 is 9.32 Å². The van der Waals surface area contributed by atoms with Crippen LogP contribution in [0.5, 0.6) is 0 Å². The Hall–Kier alpha value is -1.16. The van der Waals surface area contributed by atoms with Gasteiger partial charge in [0.15, 0.2) is 6.26 Å². The third-order valence-electron chi connectivity index (χ3n) is 2.82. The van der Waals surface area contributed by atoms with Crippen LogP contribution in [-0.2, 0) is 7.05 Å². The van der Waals surface area contributed by atoms with E-state index in [1.54, 1.807) is 18.0 Å². The van der Waals surface area contributed by atoms with Gasteiger partial charge in [0.05, 0.1) is 11.1 Å². The number of hydrogen-bond donors (Lipinski definition) is 0. The predicted octanol–water partition coefficient (Wildman–Crippen LogP) is 2.64. The average Bonchev–Trinajstić information content (AvgIpc) is 2.76. The van der Waals surface area contributed by atoms with Crippen molar-refractivity contribution >= 4 is 17.8 Å².